The van der Waals surface area contributed by atoms with Gasteiger partial charge in [0, 0.05) is 58.6 Å². The van der Waals surface area contributed by atoms with Crippen molar-refractivity contribution in [3.05, 3.63) is 164 Å². The molecule has 12 rings (SSSR count). The Balaban J connectivity index is 1.15. The topological polar surface area (TPSA) is 9.86 Å². The number of hydrogen-bond acceptors (Lipinski definition) is 1. The van der Waals surface area contributed by atoms with Crippen molar-refractivity contribution in [3.63, 3.8) is 0 Å². The molecule has 3 heterocycles. The van der Waals surface area contributed by atoms with E-state index < -0.39 is 0 Å². The van der Waals surface area contributed by atoms with E-state index in [9.17, 15) is 0 Å². The van der Waals surface area contributed by atoms with E-state index in [1.807, 2.05) is 28.8 Å². The van der Waals surface area contributed by atoms with Crippen LogP contribution < -0.4 is 38.2 Å². The van der Waals surface area contributed by atoms with E-state index in [0.29, 0.717) is 43.8 Å². The summed E-state index contributed by atoms with van der Waals surface area (Å²) in [6, 6.07) is 57.1. The van der Waals surface area contributed by atoms with Gasteiger partial charge in [-0.1, -0.05) is 137 Å². The third-order valence-corrected chi connectivity index (χ3v) is 14.1. The maximum Gasteiger partial charge on any atom is 0.115 e. The van der Waals surface area contributed by atoms with Crippen LogP contribution in [0.1, 0.15) is 0 Å². The van der Waals surface area contributed by atoms with Crippen LogP contribution >= 0.6 is 11.3 Å². The van der Waals surface area contributed by atoms with E-state index >= 15 is 0 Å². The normalized spacial score (nSPS) is 11.9. The molecule has 280 valence electrons. The molecule has 0 saturated carbocycles. The summed E-state index contributed by atoms with van der Waals surface area (Å²) >= 11 is 1.74. The number of rotatable bonds is 5. The minimum absolute atomic E-state index is 0.180. The van der Waals surface area contributed by atoms with Gasteiger partial charge in [0.1, 0.15) is 54.9 Å². The minimum Gasteiger partial charge on any atom is -0.311 e. The summed E-state index contributed by atoms with van der Waals surface area (Å²) in [5, 5.41) is 5.47. The predicted octanol–water partition coefficient (Wildman–Crippen LogP) is 6.81. The highest BCUT2D eigenvalue weighted by Gasteiger charge is 2.25. The van der Waals surface area contributed by atoms with Crippen LogP contribution in [0.4, 0.5) is 0 Å². The molecule has 3 aromatic heterocycles. The molecule has 0 atom stereocenters. The number of fused-ring (bicyclic) bond motifs is 9. The molecule has 0 amide bonds. The van der Waals surface area contributed by atoms with Gasteiger partial charge in [-0.3, -0.25) is 0 Å². The highest BCUT2D eigenvalue weighted by atomic mass is 32.1. The Morgan fingerprint density at radius 1 is 0.344 bits per heavy atom. The van der Waals surface area contributed by atoms with Gasteiger partial charge in [-0.25, -0.2) is 0 Å². The van der Waals surface area contributed by atoms with Crippen LogP contribution in [0.5, 0.6) is 0 Å². The first kappa shape index (κ1) is 38.9. The quantitative estimate of drug-likeness (QED) is 0.169. The van der Waals surface area contributed by atoms with Crippen LogP contribution in [0.2, 0.25) is 0 Å². The fourth-order valence-electron chi connectivity index (χ4n) is 9.89. The molecule has 0 unspecified atom stereocenters. The monoisotopic (exact) mass is 812 g/mol. The molecule has 64 heavy (non-hydrogen) atoms. The van der Waals surface area contributed by atoms with Crippen LogP contribution in [0, 0.1) is 0 Å². The van der Waals surface area contributed by atoms with Crippen molar-refractivity contribution in [2.75, 3.05) is 0 Å². The Morgan fingerprint density at radius 2 is 0.906 bits per heavy atom. The third-order valence-electron chi connectivity index (χ3n) is 12.9. The van der Waals surface area contributed by atoms with E-state index in [4.69, 9.17) is 54.9 Å². The summed E-state index contributed by atoms with van der Waals surface area (Å²) in [7, 11) is 49.1. The van der Waals surface area contributed by atoms with Crippen molar-refractivity contribution in [1.82, 2.24) is 9.13 Å². The highest BCUT2D eigenvalue weighted by Crippen LogP contribution is 2.41. The third kappa shape index (κ3) is 5.61. The zero-order chi connectivity index (χ0) is 43.5. The maximum atomic E-state index is 7.45. The van der Waals surface area contributed by atoms with Gasteiger partial charge in [0.15, 0.2) is 0 Å². The van der Waals surface area contributed by atoms with Crippen LogP contribution in [0.15, 0.2) is 164 Å². The molecule has 0 N–H and O–H groups in total. The second-order valence-corrected chi connectivity index (χ2v) is 17.5. The van der Waals surface area contributed by atoms with Gasteiger partial charge in [-0.15, -0.1) is 22.3 Å². The maximum absolute atomic E-state index is 7.45. The number of benzene rings is 9. The first-order chi connectivity index (χ1) is 31.2. The zero-order valence-corrected chi connectivity index (χ0v) is 35.2. The molecule has 0 saturated heterocycles. The van der Waals surface area contributed by atoms with Gasteiger partial charge < -0.3 is 9.13 Å². The molecule has 0 aliphatic carbocycles. The lowest BCUT2D eigenvalue weighted by molar-refractivity contribution is 1.18. The Morgan fingerprint density at radius 3 is 1.64 bits per heavy atom. The molecule has 9 aromatic carbocycles. The molecule has 0 fully saturated rings. The summed E-state index contributed by atoms with van der Waals surface area (Å²) in [5.41, 5.74) is 12.8. The lowest BCUT2D eigenvalue weighted by Gasteiger charge is -2.19. The van der Waals surface area contributed by atoms with E-state index in [2.05, 4.69) is 144 Å². The van der Waals surface area contributed by atoms with E-state index in [1.54, 1.807) is 11.3 Å². The summed E-state index contributed by atoms with van der Waals surface area (Å²) < 4.78 is 6.66. The van der Waals surface area contributed by atoms with Gasteiger partial charge in [0.05, 0.1) is 16.7 Å². The summed E-state index contributed by atoms with van der Waals surface area (Å²) in [6.45, 7) is 0. The molecule has 12 aromatic rings. The summed E-state index contributed by atoms with van der Waals surface area (Å²) in [4.78, 5) is 0. The van der Waals surface area contributed by atoms with Crippen molar-refractivity contribution < 1.29 is 0 Å². The molecule has 0 aliphatic heterocycles. The van der Waals surface area contributed by atoms with Gasteiger partial charge in [0.2, 0.25) is 0 Å². The molecular weight excluding hydrogens is 784 g/mol. The smallest absolute Gasteiger partial charge is 0.115 e. The fourth-order valence-corrected chi connectivity index (χ4v) is 11.0. The minimum atomic E-state index is 0.180. The molecular formula is C54H27B7N2S. The van der Waals surface area contributed by atoms with Crippen molar-refractivity contribution in [2.45, 2.75) is 0 Å². The number of thiophene rings is 1. The van der Waals surface area contributed by atoms with Gasteiger partial charge in [-0.2, -0.15) is 0 Å². The Hall–Kier alpha value is -6.75. The molecule has 0 spiro atoms. The van der Waals surface area contributed by atoms with Crippen molar-refractivity contribution >= 4 is 168 Å². The molecule has 14 radical (unpaired) electrons. The summed E-state index contributed by atoms with van der Waals surface area (Å²) in [5.74, 6) is 0. The van der Waals surface area contributed by atoms with E-state index in [-0.39, 0.29) is 21.9 Å². The second-order valence-electron chi connectivity index (χ2n) is 16.4. The molecule has 0 bridgehead atoms. The van der Waals surface area contributed by atoms with Gasteiger partial charge in [0.25, 0.3) is 0 Å². The first-order valence-corrected chi connectivity index (χ1v) is 21.8. The Labute approximate surface area is 383 Å². The number of nitrogens with zero attached hydrogens (tertiary/aromatic N) is 2. The van der Waals surface area contributed by atoms with Crippen LogP contribution in [0.3, 0.4) is 0 Å². The number of para-hydroxylation sites is 1. The van der Waals surface area contributed by atoms with Crippen LogP contribution in [0.25, 0.3) is 109 Å². The lowest BCUT2D eigenvalue weighted by Crippen LogP contribution is -2.48. The molecule has 2 nitrogen and oxygen atoms in total. The average Bonchev–Trinajstić information content (AvgIpc) is 4.00. The fraction of sp³-hybridized carbons (Fsp3) is 0. The second kappa shape index (κ2) is 14.7. The molecule has 0 aliphatic rings. The van der Waals surface area contributed by atoms with Crippen molar-refractivity contribution in [2.24, 2.45) is 0 Å². The lowest BCUT2D eigenvalue weighted by atomic mass is 9.64. The number of hydrogen-bond donors (Lipinski definition) is 0. The molecule has 10 heteroatoms. The predicted molar refractivity (Wildman–Crippen MR) is 282 cm³/mol. The highest BCUT2D eigenvalue weighted by molar-refractivity contribution is 7.25. The first-order valence-electron chi connectivity index (χ1n) is 21.0. The van der Waals surface area contributed by atoms with Crippen LogP contribution in [-0.2, 0) is 0 Å². The van der Waals surface area contributed by atoms with Crippen LogP contribution in [-0.4, -0.2) is 64.1 Å². The standard InChI is InChI=1S/C54H27B7N2S/c55-46-43(47(56)51(60)53-44(46)45-48(57)49(58)50(59)52(61)54(45)62(53)32-21-24-42-37(27-32)34-16-8-10-18-41(34)64-42)31-20-23-40-36(26-31)35-25-30(28-11-3-1-4-12-28)19-22-39(35)63(40)38-17-9-7-15-33(38)29-13-5-2-6-14-29/h1-27H. The average molecular weight is 812 g/mol. The van der Waals surface area contributed by atoms with Gasteiger partial charge >= 0.3 is 0 Å². The number of aromatic nitrogens is 2. The largest absolute Gasteiger partial charge is 0.311 e. The van der Waals surface area contributed by atoms with E-state index in [0.717, 1.165) is 76.5 Å². The van der Waals surface area contributed by atoms with Gasteiger partial charge in [-0.05, 0) is 87.8 Å². The SMILES string of the molecule is [B]c1c([B])c([B])c2c(c1[B])c1c([B])c(-c3ccc4c(c3)c3cc(-c5ccccc5)ccc3n4-c3ccccc3-c3ccccc3)c([B])c([B])c1n2-c1ccc2sc3ccccc3c2c1. The van der Waals surface area contributed by atoms with Crippen molar-refractivity contribution in [3.8, 4) is 44.8 Å². The van der Waals surface area contributed by atoms with E-state index in [1.165, 1.54) is 4.70 Å². The Bertz CT molecular complexity index is 3930. The zero-order valence-electron chi connectivity index (χ0n) is 34.4. The van der Waals surface area contributed by atoms with Crippen molar-refractivity contribution in [1.29, 1.82) is 0 Å². The Kier molecular flexibility index (Phi) is 8.91. The summed E-state index contributed by atoms with van der Waals surface area (Å²) in [6.07, 6.45) is 0.